The Morgan fingerprint density at radius 2 is 1.82 bits per heavy atom. The van der Waals surface area contributed by atoms with Crippen molar-refractivity contribution in [3.05, 3.63) is 77.6 Å². The van der Waals surface area contributed by atoms with Crippen LogP contribution in [0.5, 0.6) is 5.75 Å². The van der Waals surface area contributed by atoms with Gasteiger partial charge in [-0.05, 0) is 24.1 Å². The molecular weight excluding hydrogens is 352 g/mol. The molecule has 28 heavy (non-hydrogen) atoms. The quantitative estimate of drug-likeness (QED) is 0.805. The first-order valence-electron chi connectivity index (χ1n) is 9.83. The molecule has 0 amide bonds. The van der Waals surface area contributed by atoms with Crippen LogP contribution in [0.3, 0.4) is 0 Å². The van der Waals surface area contributed by atoms with Gasteiger partial charge in [-0.3, -0.25) is 4.79 Å². The molecule has 0 radical (unpaired) electrons. The average Bonchev–Trinajstić information content (AvgIpc) is 2.71. The van der Waals surface area contributed by atoms with E-state index in [9.17, 15) is 4.79 Å². The summed E-state index contributed by atoms with van der Waals surface area (Å²) in [6, 6.07) is 18.1. The minimum absolute atomic E-state index is 0.0547. The number of ether oxygens (including phenoxy) is 3. The van der Waals surface area contributed by atoms with E-state index < -0.39 is 5.60 Å². The Balaban J connectivity index is 1.47. The maximum Gasteiger partial charge on any atom is 0.163 e. The van der Waals surface area contributed by atoms with E-state index in [0.717, 1.165) is 16.9 Å². The smallest absolute Gasteiger partial charge is 0.163 e. The molecule has 0 saturated heterocycles. The zero-order chi connectivity index (χ0) is 19.3. The fourth-order valence-electron chi connectivity index (χ4n) is 5.33. The number of rotatable bonds is 4. The van der Waals surface area contributed by atoms with Gasteiger partial charge in [0.1, 0.15) is 23.7 Å². The highest BCUT2D eigenvalue weighted by Crippen LogP contribution is 2.63. The maximum absolute atomic E-state index is 13.1. The van der Waals surface area contributed by atoms with Gasteiger partial charge < -0.3 is 14.2 Å². The molecule has 3 aliphatic rings. The number of fused-ring (bicyclic) bond motifs is 6. The molecule has 144 valence electrons. The molecule has 5 unspecified atom stereocenters. The second kappa shape index (κ2) is 6.49. The molecule has 5 rings (SSSR count). The maximum atomic E-state index is 13.1. The first-order valence-corrected chi connectivity index (χ1v) is 9.83. The third kappa shape index (κ3) is 2.44. The van der Waals surface area contributed by atoms with Crippen LogP contribution in [0.2, 0.25) is 0 Å². The Labute approximate surface area is 165 Å². The predicted octanol–water partition coefficient (Wildman–Crippen LogP) is 4.11. The first-order chi connectivity index (χ1) is 13.6. The van der Waals surface area contributed by atoms with Gasteiger partial charge in [-0.1, -0.05) is 48.5 Å². The van der Waals surface area contributed by atoms with Crippen LogP contribution < -0.4 is 4.74 Å². The summed E-state index contributed by atoms with van der Waals surface area (Å²) in [7, 11) is 1.71. The van der Waals surface area contributed by atoms with Gasteiger partial charge in [0, 0.05) is 36.9 Å². The molecule has 0 N–H and O–H groups in total. The Bertz CT molecular complexity index is 935. The zero-order valence-corrected chi connectivity index (χ0v) is 16.1. The number of benzene rings is 2. The molecule has 2 aliphatic carbocycles. The molecule has 4 heteroatoms. The summed E-state index contributed by atoms with van der Waals surface area (Å²) in [6.07, 6.45) is 1.67. The minimum atomic E-state index is -0.635. The SMILES string of the molecule is COC1(C)C(OCc2ccccc2)=CC(=O)C2C3c4ccccc4OCC3C21. The van der Waals surface area contributed by atoms with E-state index in [4.69, 9.17) is 14.2 Å². The summed E-state index contributed by atoms with van der Waals surface area (Å²) in [6.45, 7) is 3.08. The van der Waals surface area contributed by atoms with Crippen LogP contribution in [0, 0.1) is 17.8 Å². The van der Waals surface area contributed by atoms with Gasteiger partial charge in [-0.2, -0.15) is 0 Å². The van der Waals surface area contributed by atoms with Crippen LogP contribution in [-0.2, 0) is 20.9 Å². The van der Waals surface area contributed by atoms with E-state index >= 15 is 0 Å². The van der Waals surface area contributed by atoms with E-state index in [2.05, 4.69) is 6.07 Å². The van der Waals surface area contributed by atoms with Crippen LogP contribution in [0.4, 0.5) is 0 Å². The summed E-state index contributed by atoms with van der Waals surface area (Å²) in [4.78, 5) is 13.1. The van der Waals surface area contributed by atoms with Crippen molar-refractivity contribution in [3.8, 4) is 5.75 Å². The standard InChI is InChI=1S/C24H24O4/c1-24(26-2)20(28-13-15-8-4-3-5-9-15)12-18(25)22-21-16-10-6-7-11-19(16)27-14-17(21)23(22)24/h3-12,17,21-23H,13-14H2,1-2H3. The fourth-order valence-corrected chi connectivity index (χ4v) is 5.33. The minimum Gasteiger partial charge on any atom is -0.493 e. The average molecular weight is 376 g/mol. The Morgan fingerprint density at radius 3 is 2.61 bits per heavy atom. The van der Waals surface area contributed by atoms with Crippen molar-refractivity contribution in [1.82, 2.24) is 0 Å². The summed E-state index contributed by atoms with van der Waals surface area (Å²) >= 11 is 0. The molecule has 2 aromatic carbocycles. The molecule has 2 aromatic rings. The third-order valence-corrected chi connectivity index (χ3v) is 6.79. The highest BCUT2D eigenvalue weighted by molar-refractivity contribution is 5.96. The van der Waals surface area contributed by atoms with E-state index in [1.165, 1.54) is 0 Å². The van der Waals surface area contributed by atoms with E-state index in [-0.39, 0.29) is 29.5 Å². The lowest BCUT2D eigenvalue weighted by atomic mass is 9.46. The second-order valence-corrected chi connectivity index (χ2v) is 8.09. The number of methoxy groups -OCH3 is 1. The number of ketones is 1. The van der Waals surface area contributed by atoms with Crippen LogP contribution in [0.25, 0.3) is 0 Å². The van der Waals surface area contributed by atoms with Gasteiger partial charge in [-0.15, -0.1) is 0 Å². The molecular formula is C24H24O4. The lowest BCUT2D eigenvalue weighted by molar-refractivity contribution is -0.175. The molecule has 1 fully saturated rings. The number of allylic oxidation sites excluding steroid dienone is 1. The van der Waals surface area contributed by atoms with Crippen molar-refractivity contribution >= 4 is 5.78 Å². The summed E-state index contributed by atoms with van der Waals surface area (Å²) in [5, 5.41) is 0. The number of hydrogen-bond acceptors (Lipinski definition) is 4. The van der Waals surface area contributed by atoms with E-state index in [1.807, 2.05) is 55.5 Å². The fraction of sp³-hybridized carbons (Fsp3) is 0.375. The van der Waals surface area contributed by atoms with Crippen LogP contribution in [-0.4, -0.2) is 25.1 Å². The van der Waals surface area contributed by atoms with Gasteiger partial charge in [0.25, 0.3) is 0 Å². The molecule has 0 spiro atoms. The number of carbonyl (C=O) groups excluding carboxylic acids is 1. The van der Waals surface area contributed by atoms with Gasteiger partial charge in [-0.25, -0.2) is 0 Å². The van der Waals surface area contributed by atoms with Gasteiger partial charge in [0.15, 0.2) is 5.78 Å². The number of carbonyl (C=O) groups is 1. The lowest BCUT2D eigenvalue weighted by Crippen LogP contribution is -2.64. The molecule has 1 saturated carbocycles. The summed E-state index contributed by atoms with van der Waals surface area (Å²) in [5.41, 5.74) is 1.58. The van der Waals surface area contributed by atoms with Crippen molar-refractivity contribution in [2.24, 2.45) is 17.8 Å². The van der Waals surface area contributed by atoms with Crippen LogP contribution >= 0.6 is 0 Å². The van der Waals surface area contributed by atoms with Crippen molar-refractivity contribution in [3.63, 3.8) is 0 Å². The van der Waals surface area contributed by atoms with Crippen molar-refractivity contribution in [2.45, 2.75) is 25.0 Å². The van der Waals surface area contributed by atoms with Crippen molar-refractivity contribution in [2.75, 3.05) is 13.7 Å². The molecule has 4 nitrogen and oxygen atoms in total. The molecule has 5 atom stereocenters. The molecule has 0 aromatic heterocycles. The second-order valence-electron chi connectivity index (χ2n) is 8.09. The summed E-state index contributed by atoms with van der Waals surface area (Å²) in [5.74, 6) is 2.09. The Morgan fingerprint density at radius 1 is 1.07 bits per heavy atom. The topological polar surface area (TPSA) is 44.8 Å². The number of para-hydroxylation sites is 1. The van der Waals surface area contributed by atoms with E-state index in [0.29, 0.717) is 19.0 Å². The third-order valence-electron chi connectivity index (χ3n) is 6.79. The Hall–Kier alpha value is -2.59. The first kappa shape index (κ1) is 17.5. The van der Waals surface area contributed by atoms with Crippen molar-refractivity contribution in [1.29, 1.82) is 0 Å². The largest absolute Gasteiger partial charge is 0.493 e. The van der Waals surface area contributed by atoms with Gasteiger partial charge >= 0.3 is 0 Å². The van der Waals surface area contributed by atoms with Gasteiger partial charge in [0.2, 0.25) is 0 Å². The highest BCUT2D eigenvalue weighted by atomic mass is 16.5. The van der Waals surface area contributed by atoms with Crippen LogP contribution in [0.15, 0.2) is 66.4 Å². The highest BCUT2D eigenvalue weighted by Gasteiger charge is 2.66. The normalized spacial score (nSPS) is 32.8. The van der Waals surface area contributed by atoms with Crippen molar-refractivity contribution < 1.29 is 19.0 Å². The lowest BCUT2D eigenvalue weighted by Gasteiger charge is -2.60. The van der Waals surface area contributed by atoms with Crippen LogP contribution in [0.1, 0.15) is 24.0 Å². The molecule has 1 aliphatic heterocycles. The monoisotopic (exact) mass is 376 g/mol. The Kier molecular flexibility index (Phi) is 4.06. The zero-order valence-electron chi connectivity index (χ0n) is 16.1. The summed E-state index contributed by atoms with van der Waals surface area (Å²) < 4.78 is 18.1. The molecule has 0 bridgehead atoms. The van der Waals surface area contributed by atoms with E-state index in [1.54, 1.807) is 13.2 Å². The predicted molar refractivity (Wildman–Crippen MR) is 105 cm³/mol. The number of hydrogen-bond donors (Lipinski definition) is 0. The van der Waals surface area contributed by atoms with Gasteiger partial charge in [0.05, 0.1) is 6.61 Å². The molecule has 1 heterocycles.